The van der Waals surface area contributed by atoms with Crippen molar-refractivity contribution in [3.63, 3.8) is 0 Å². The van der Waals surface area contributed by atoms with Crippen molar-refractivity contribution < 1.29 is 19.4 Å². The summed E-state index contributed by atoms with van der Waals surface area (Å²) in [6.45, 7) is 2.40. The van der Waals surface area contributed by atoms with Gasteiger partial charge in [0.1, 0.15) is 5.69 Å². The highest BCUT2D eigenvalue weighted by Gasteiger charge is 2.24. The van der Waals surface area contributed by atoms with Crippen molar-refractivity contribution in [1.29, 1.82) is 0 Å². The van der Waals surface area contributed by atoms with Crippen molar-refractivity contribution in [3.8, 4) is 17.0 Å². The first kappa shape index (κ1) is 19.8. The van der Waals surface area contributed by atoms with Crippen LogP contribution in [0.3, 0.4) is 0 Å². The smallest absolute Gasteiger partial charge is 0.449 e. The molecule has 5 rings (SSSR count). The van der Waals surface area contributed by atoms with Crippen LogP contribution in [0.1, 0.15) is 0 Å². The SMILES string of the molecule is O=C(O)Oc1c(Nc2ccc3[nH]ncc3c2)nc(N2CCOCC2)nc1-c1ccccc1. The third-order valence-electron chi connectivity index (χ3n) is 5.09. The van der Waals surface area contributed by atoms with E-state index >= 15 is 0 Å². The zero-order valence-corrected chi connectivity index (χ0v) is 17.0. The number of carboxylic acid groups (broad SMARTS) is 1. The van der Waals surface area contributed by atoms with Crippen LogP contribution in [0.5, 0.6) is 5.75 Å². The number of nitrogens with zero attached hydrogens (tertiary/aromatic N) is 4. The van der Waals surface area contributed by atoms with Gasteiger partial charge in [-0.1, -0.05) is 30.3 Å². The number of hydrogen-bond acceptors (Lipinski definition) is 8. The van der Waals surface area contributed by atoms with Gasteiger partial charge in [0, 0.05) is 29.7 Å². The number of aromatic nitrogens is 4. The first-order valence-electron chi connectivity index (χ1n) is 10.1. The fourth-order valence-corrected chi connectivity index (χ4v) is 3.56. The minimum Gasteiger partial charge on any atom is -0.449 e. The molecule has 3 N–H and O–H groups in total. The zero-order chi connectivity index (χ0) is 21.9. The van der Waals surface area contributed by atoms with E-state index in [1.807, 2.05) is 53.4 Å². The van der Waals surface area contributed by atoms with Gasteiger partial charge >= 0.3 is 6.16 Å². The highest BCUT2D eigenvalue weighted by atomic mass is 16.7. The Morgan fingerprint density at radius 1 is 1.12 bits per heavy atom. The van der Waals surface area contributed by atoms with Gasteiger partial charge < -0.3 is 24.8 Å². The minimum atomic E-state index is -1.45. The van der Waals surface area contributed by atoms with E-state index in [0.717, 1.165) is 10.9 Å². The number of H-pyrrole nitrogens is 1. The van der Waals surface area contributed by atoms with Crippen molar-refractivity contribution in [2.24, 2.45) is 0 Å². The third kappa shape index (κ3) is 4.03. The van der Waals surface area contributed by atoms with Crippen LogP contribution in [0.4, 0.5) is 22.2 Å². The fraction of sp³-hybridized carbons (Fsp3) is 0.182. The molecule has 1 aliphatic rings. The molecule has 2 aromatic heterocycles. The van der Waals surface area contributed by atoms with Gasteiger partial charge in [0.05, 0.1) is 24.9 Å². The second kappa shape index (κ2) is 8.52. The van der Waals surface area contributed by atoms with E-state index in [4.69, 9.17) is 9.47 Å². The number of anilines is 3. The Balaban J connectivity index is 1.65. The number of fused-ring (bicyclic) bond motifs is 1. The predicted octanol–water partition coefficient (Wildman–Crippen LogP) is 3.66. The number of benzene rings is 2. The average molecular weight is 432 g/mol. The van der Waals surface area contributed by atoms with Crippen LogP contribution in [0.25, 0.3) is 22.2 Å². The van der Waals surface area contributed by atoms with E-state index in [1.165, 1.54) is 0 Å². The van der Waals surface area contributed by atoms with E-state index in [1.54, 1.807) is 6.20 Å². The lowest BCUT2D eigenvalue weighted by atomic mass is 10.1. The molecule has 0 spiro atoms. The third-order valence-corrected chi connectivity index (χ3v) is 5.09. The van der Waals surface area contributed by atoms with Gasteiger partial charge in [-0.05, 0) is 18.2 Å². The normalized spacial score (nSPS) is 13.8. The summed E-state index contributed by atoms with van der Waals surface area (Å²) in [6, 6.07) is 14.9. The van der Waals surface area contributed by atoms with Crippen LogP contribution in [0.15, 0.2) is 54.7 Å². The van der Waals surface area contributed by atoms with Gasteiger partial charge in [0.15, 0.2) is 5.82 Å². The molecule has 0 saturated carbocycles. The Morgan fingerprint density at radius 2 is 1.94 bits per heavy atom. The molecule has 10 nitrogen and oxygen atoms in total. The van der Waals surface area contributed by atoms with Crippen LogP contribution >= 0.6 is 0 Å². The number of rotatable bonds is 5. The highest BCUT2D eigenvalue weighted by molar-refractivity contribution is 5.85. The Kier molecular flexibility index (Phi) is 5.26. The summed E-state index contributed by atoms with van der Waals surface area (Å²) in [4.78, 5) is 22.9. The predicted molar refractivity (Wildman–Crippen MR) is 119 cm³/mol. The molecule has 0 atom stereocenters. The maximum Gasteiger partial charge on any atom is 0.511 e. The second-order valence-corrected chi connectivity index (χ2v) is 7.18. The molecule has 3 heterocycles. The van der Waals surface area contributed by atoms with Gasteiger partial charge in [0.25, 0.3) is 0 Å². The van der Waals surface area contributed by atoms with Crippen LogP contribution in [-0.4, -0.2) is 57.7 Å². The van der Waals surface area contributed by atoms with Crippen molar-refractivity contribution in [3.05, 3.63) is 54.7 Å². The molecule has 4 aromatic rings. The molecule has 1 aliphatic heterocycles. The molecule has 1 fully saturated rings. The van der Waals surface area contributed by atoms with E-state index in [9.17, 15) is 9.90 Å². The number of carbonyl (C=O) groups is 1. The zero-order valence-electron chi connectivity index (χ0n) is 17.0. The van der Waals surface area contributed by atoms with Gasteiger partial charge in [-0.2, -0.15) is 10.1 Å². The molecule has 2 aromatic carbocycles. The number of nitrogens with one attached hydrogen (secondary N) is 2. The summed E-state index contributed by atoms with van der Waals surface area (Å²) in [6.07, 6.45) is 0.266. The maximum atomic E-state index is 11.5. The minimum absolute atomic E-state index is 0.0352. The summed E-state index contributed by atoms with van der Waals surface area (Å²) in [5, 5.41) is 20.5. The summed E-state index contributed by atoms with van der Waals surface area (Å²) in [5.74, 6) is 0.760. The molecule has 0 radical (unpaired) electrons. The number of morpholine rings is 1. The molecule has 0 bridgehead atoms. The highest BCUT2D eigenvalue weighted by Crippen LogP contribution is 2.37. The molecule has 0 amide bonds. The Hall–Kier alpha value is -4.18. The summed E-state index contributed by atoms with van der Waals surface area (Å²) in [7, 11) is 0. The lowest BCUT2D eigenvalue weighted by Crippen LogP contribution is -2.37. The number of hydrogen-bond donors (Lipinski definition) is 3. The van der Waals surface area contributed by atoms with Gasteiger partial charge in [0.2, 0.25) is 11.7 Å². The van der Waals surface area contributed by atoms with Gasteiger partial charge in [-0.15, -0.1) is 0 Å². The Labute approximate surface area is 182 Å². The largest absolute Gasteiger partial charge is 0.511 e. The van der Waals surface area contributed by atoms with Crippen molar-refractivity contribution in [2.45, 2.75) is 0 Å². The maximum absolute atomic E-state index is 11.5. The first-order chi connectivity index (χ1) is 15.7. The van der Waals surface area contributed by atoms with E-state index in [-0.39, 0.29) is 11.6 Å². The Bertz CT molecular complexity index is 1250. The van der Waals surface area contributed by atoms with Crippen molar-refractivity contribution >= 4 is 34.5 Å². The number of ether oxygens (including phenoxy) is 2. The fourth-order valence-electron chi connectivity index (χ4n) is 3.56. The van der Waals surface area contributed by atoms with Crippen LogP contribution < -0.4 is 15.0 Å². The standard InChI is InChI=1S/C22H20N6O4/c29-22(30)32-19-18(14-4-2-1-3-5-14)25-21(28-8-10-31-11-9-28)26-20(19)24-16-6-7-17-15(12-16)13-23-27-17/h1-7,12-13H,8-11H2,(H,23,27)(H,29,30)(H,24,25,26). The monoisotopic (exact) mass is 432 g/mol. The first-order valence-corrected chi connectivity index (χ1v) is 10.1. The van der Waals surface area contributed by atoms with Crippen LogP contribution in [-0.2, 0) is 4.74 Å². The average Bonchev–Trinajstić information content (AvgIpc) is 3.29. The summed E-state index contributed by atoms with van der Waals surface area (Å²) in [5.41, 5.74) is 2.70. The van der Waals surface area contributed by atoms with Gasteiger partial charge in [-0.3, -0.25) is 5.10 Å². The lowest BCUT2D eigenvalue weighted by molar-refractivity contribution is 0.122. The van der Waals surface area contributed by atoms with Crippen LogP contribution in [0.2, 0.25) is 0 Å². The molecular weight excluding hydrogens is 412 g/mol. The summed E-state index contributed by atoms with van der Waals surface area (Å²) < 4.78 is 10.6. The number of aromatic amines is 1. The van der Waals surface area contributed by atoms with E-state index < -0.39 is 6.16 Å². The molecule has 0 unspecified atom stereocenters. The molecule has 0 aliphatic carbocycles. The van der Waals surface area contributed by atoms with Crippen molar-refractivity contribution in [1.82, 2.24) is 20.2 Å². The lowest BCUT2D eigenvalue weighted by Gasteiger charge is -2.28. The molecule has 10 heteroatoms. The molecule has 32 heavy (non-hydrogen) atoms. The molecule has 162 valence electrons. The van der Waals surface area contributed by atoms with E-state index in [0.29, 0.717) is 49.2 Å². The summed E-state index contributed by atoms with van der Waals surface area (Å²) >= 11 is 0. The Morgan fingerprint density at radius 3 is 2.72 bits per heavy atom. The quantitative estimate of drug-likeness (QED) is 0.405. The van der Waals surface area contributed by atoms with Crippen LogP contribution in [0, 0.1) is 0 Å². The van der Waals surface area contributed by atoms with Gasteiger partial charge in [-0.25, -0.2) is 9.78 Å². The van der Waals surface area contributed by atoms with Crippen molar-refractivity contribution in [2.75, 3.05) is 36.5 Å². The second-order valence-electron chi connectivity index (χ2n) is 7.18. The molecular formula is C22H20N6O4. The van der Waals surface area contributed by atoms with E-state index in [2.05, 4.69) is 25.5 Å². The topological polar surface area (TPSA) is 125 Å². The molecule has 1 saturated heterocycles.